The van der Waals surface area contributed by atoms with E-state index in [0.717, 1.165) is 18.9 Å². The van der Waals surface area contributed by atoms with Crippen LogP contribution in [-0.2, 0) is 0 Å². The zero-order valence-electron chi connectivity index (χ0n) is 10.4. The maximum absolute atomic E-state index is 9.26. The first kappa shape index (κ1) is 13.0. The molecule has 1 rings (SSSR count). The van der Waals surface area contributed by atoms with Gasteiger partial charge in [-0.2, -0.15) is 0 Å². The van der Waals surface area contributed by atoms with Crippen molar-refractivity contribution in [3.8, 4) is 0 Å². The summed E-state index contributed by atoms with van der Waals surface area (Å²) >= 11 is 0. The van der Waals surface area contributed by atoms with Gasteiger partial charge in [-0.25, -0.2) is 0 Å². The van der Waals surface area contributed by atoms with Crippen molar-refractivity contribution in [2.24, 2.45) is 5.92 Å². The molecule has 2 N–H and O–H groups in total. The summed E-state index contributed by atoms with van der Waals surface area (Å²) in [5.74, 6) is 0.936. The number of aliphatic hydroxyl groups excluding tert-OH is 1. The van der Waals surface area contributed by atoms with E-state index >= 15 is 0 Å². The van der Waals surface area contributed by atoms with Crippen LogP contribution in [0.25, 0.3) is 0 Å². The van der Waals surface area contributed by atoms with Crippen LogP contribution in [0.15, 0.2) is 0 Å². The largest absolute Gasteiger partial charge is 0.394 e. The molecule has 0 radical (unpaired) electrons. The number of aliphatic hydroxyl groups is 1. The fraction of sp³-hybridized carbons (Fsp3) is 1.00. The lowest BCUT2D eigenvalue weighted by atomic mass is 9.87. The van der Waals surface area contributed by atoms with E-state index in [1.165, 1.54) is 38.5 Å². The van der Waals surface area contributed by atoms with E-state index in [1.54, 1.807) is 0 Å². The molecule has 1 unspecified atom stereocenters. The molecule has 2 nitrogen and oxygen atoms in total. The maximum atomic E-state index is 9.26. The van der Waals surface area contributed by atoms with Gasteiger partial charge in [-0.15, -0.1) is 0 Å². The van der Waals surface area contributed by atoms with Gasteiger partial charge in [0.05, 0.1) is 6.61 Å². The van der Waals surface area contributed by atoms with Gasteiger partial charge in [0, 0.05) is 5.54 Å². The first-order chi connectivity index (χ1) is 7.20. The molecule has 0 aromatic rings. The highest BCUT2D eigenvalue weighted by molar-refractivity contribution is 4.80. The fourth-order valence-corrected chi connectivity index (χ4v) is 2.35. The first-order valence-electron chi connectivity index (χ1n) is 6.56. The number of nitrogens with one attached hydrogen (secondary N) is 1. The van der Waals surface area contributed by atoms with Crippen molar-refractivity contribution >= 4 is 0 Å². The highest BCUT2D eigenvalue weighted by Gasteiger charge is 2.20. The third-order valence-corrected chi connectivity index (χ3v) is 3.96. The molecule has 1 atom stereocenters. The lowest BCUT2D eigenvalue weighted by Crippen LogP contribution is -2.45. The van der Waals surface area contributed by atoms with Gasteiger partial charge < -0.3 is 10.4 Å². The molecular weight excluding hydrogens is 186 g/mol. The summed E-state index contributed by atoms with van der Waals surface area (Å²) in [4.78, 5) is 0. The van der Waals surface area contributed by atoms with Crippen LogP contribution >= 0.6 is 0 Å². The molecule has 0 bridgehead atoms. The molecule has 1 aliphatic rings. The third-order valence-electron chi connectivity index (χ3n) is 3.96. The second kappa shape index (κ2) is 6.49. The molecular formula is C13H27NO. The Kier molecular flexibility index (Phi) is 5.62. The van der Waals surface area contributed by atoms with Gasteiger partial charge in [0.15, 0.2) is 0 Å². The Labute approximate surface area is 94.5 Å². The van der Waals surface area contributed by atoms with Crippen molar-refractivity contribution < 1.29 is 5.11 Å². The second-order valence-electron chi connectivity index (χ2n) is 5.29. The third kappa shape index (κ3) is 4.52. The van der Waals surface area contributed by atoms with Crippen molar-refractivity contribution in [3.05, 3.63) is 0 Å². The Balaban J connectivity index is 2.14. The predicted octanol–water partition coefficient (Wildman–Crippen LogP) is 2.71. The van der Waals surface area contributed by atoms with Gasteiger partial charge in [0.2, 0.25) is 0 Å². The van der Waals surface area contributed by atoms with Crippen LogP contribution in [0.5, 0.6) is 0 Å². The molecule has 0 aromatic heterocycles. The Morgan fingerprint density at radius 1 is 1.27 bits per heavy atom. The predicted molar refractivity (Wildman–Crippen MR) is 65.0 cm³/mol. The Morgan fingerprint density at radius 3 is 2.47 bits per heavy atom. The Morgan fingerprint density at radius 2 is 1.93 bits per heavy atom. The minimum Gasteiger partial charge on any atom is -0.394 e. The highest BCUT2D eigenvalue weighted by atomic mass is 16.3. The van der Waals surface area contributed by atoms with Crippen molar-refractivity contribution in [3.63, 3.8) is 0 Å². The van der Waals surface area contributed by atoms with Gasteiger partial charge in [0.1, 0.15) is 0 Å². The fourth-order valence-electron chi connectivity index (χ4n) is 2.35. The first-order valence-corrected chi connectivity index (χ1v) is 6.56. The molecule has 15 heavy (non-hydrogen) atoms. The highest BCUT2D eigenvalue weighted by Crippen LogP contribution is 2.26. The normalized spacial score (nSPS) is 22.6. The summed E-state index contributed by atoms with van der Waals surface area (Å²) in [7, 11) is 0. The Hall–Kier alpha value is -0.0800. The molecule has 0 amide bonds. The van der Waals surface area contributed by atoms with Gasteiger partial charge in [-0.3, -0.25) is 0 Å². The average Bonchev–Trinajstić information content (AvgIpc) is 2.30. The SMILES string of the molecule is CCC(C)(CO)NCCC1CCCCC1. The van der Waals surface area contributed by atoms with E-state index in [9.17, 15) is 5.11 Å². The zero-order valence-corrected chi connectivity index (χ0v) is 10.4. The zero-order chi connectivity index (χ0) is 11.1. The van der Waals surface area contributed by atoms with Gasteiger partial charge in [0.25, 0.3) is 0 Å². The summed E-state index contributed by atoms with van der Waals surface area (Å²) < 4.78 is 0. The van der Waals surface area contributed by atoms with E-state index in [1.807, 2.05) is 0 Å². The molecule has 1 fully saturated rings. The van der Waals surface area contributed by atoms with Crippen LogP contribution < -0.4 is 5.32 Å². The molecule has 0 saturated heterocycles. The lowest BCUT2D eigenvalue weighted by molar-refractivity contribution is 0.166. The van der Waals surface area contributed by atoms with E-state index in [4.69, 9.17) is 0 Å². The van der Waals surface area contributed by atoms with Crippen LogP contribution in [0, 0.1) is 5.92 Å². The molecule has 0 aliphatic heterocycles. The molecule has 90 valence electrons. The minimum atomic E-state index is -0.0608. The topological polar surface area (TPSA) is 32.3 Å². The smallest absolute Gasteiger partial charge is 0.0610 e. The number of hydrogen-bond acceptors (Lipinski definition) is 2. The summed E-state index contributed by atoms with van der Waals surface area (Å²) in [6.07, 6.45) is 9.41. The lowest BCUT2D eigenvalue weighted by Gasteiger charge is -2.29. The molecule has 0 aromatic carbocycles. The maximum Gasteiger partial charge on any atom is 0.0610 e. The summed E-state index contributed by atoms with van der Waals surface area (Å²) in [5.41, 5.74) is -0.0608. The quantitative estimate of drug-likeness (QED) is 0.711. The number of hydrogen-bond donors (Lipinski definition) is 2. The molecule has 1 aliphatic carbocycles. The molecule has 0 spiro atoms. The molecule has 2 heteroatoms. The average molecular weight is 213 g/mol. The van der Waals surface area contributed by atoms with E-state index < -0.39 is 0 Å². The summed E-state index contributed by atoms with van der Waals surface area (Å²) in [5, 5.41) is 12.8. The van der Waals surface area contributed by atoms with Crippen LogP contribution in [0.2, 0.25) is 0 Å². The van der Waals surface area contributed by atoms with Crippen LogP contribution in [0.1, 0.15) is 58.8 Å². The van der Waals surface area contributed by atoms with E-state index in [-0.39, 0.29) is 12.1 Å². The van der Waals surface area contributed by atoms with Crippen LogP contribution in [-0.4, -0.2) is 23.8 Å². The number of rotatable bonds is 6. The molecule has 0 heterocycles. The standard InChI is InChI=1S/C13H27NO/c1-3-13(2,11-15)14-10-9-12-7-5-4-6-8-12/h12,14-15H,3-11H2,1-2H3. The van der Waals surface area contributed by atoms with Crippen molar-refractivity contribution in [1.29, 1.82) is 0 Å². The summed E-state index contributed by atoms with van der Waals surface area (Å²) in [6, 6.07) is 0. The Bertz CT molecular complexity index is 160. The van der Waals surface area contributed by atoms with Crippen molar-refractivity contribution in [1.82, 2.24) is 5.32 Å². The van der Waals surface area contributed by atoms with Crippen LogP contribution in [0.3, 0.4) is 0 Å². The summed E-state index contributed by atoms with van der Waals surface area (Å²) in [6.45, 7) is 5.54. The van der Waals surface area contributed by atoms with Crippen molar-refractivity contribution in [2.45, 2.75) is 64.3 Å². The van der Waals surface area contributed by atoms with Gasteiger partial charge >= 0.3 is 0 Å². The van der Waals surface area contributed by atoms with Gasteiger partial charge in [-0.05, 0) is 32.2 Å². The molecule has 1 saturated carbocycles. The minimum absolute atomic E-state index is 0.0608. The van der Waals surface area contributed by atoms with Crippen LogP contribution in [0.4, 0.5) is 0 Å². The second-order valence-corrected chi connectivity index (χ2v) is 5.29. The van der Waals surface area contributed by atoms with Crippen molar-refractivity contribution in [2.75, 3.05) is 13.2 Å². The van der Waals surface area contributed by atoms with E-state index in [2.05, 4.69) is 19.2 Å². The van der Waals surface area contributed by atoms with Gasteiger partial charge in [-0.1, -0.05) is 39.0 Å². The monoisotopic (exact) mass is 213 g/mol. The van der Waals surface area contributed by atoms with E-state index in [0.29, 0.717) is 0 Å².